The van der Waals surface area contributed by atoms with Crippen molar-refractivity contribution >= 4 is 15.9 Å². The Balaban J connectivity index is 1.80. The summed E-state index contributed by atoms with van der Waals surface area (Å²) in [4.78, 5) is 17.7. The summed E-state index contributed by atoms with van der Waals surface area (Å²) in [7, 11) is -4.02. The average molecular weight is 525 g/mol. The van der Waals surface area contributed by atoms with Gasteiger partial charge in [0.05, 0.1) is 12.7 Å². The van der Waals surface area contributed by atoms with E-state index in [9.17, 15) is 35.2 Å². The first kappa shape index (κ1) is 29.1. The Kier molecular flexibility index (Phi) is 10.5. The van der Waals surface area contributed by atoms with Crippen molar-refractivity contribution in [2.45, 2.75) is 81.2 Å². The third-order valence-corrected chi connectivity index (χ3v) is 8.79. The molecule has 0 aliphatic carbocycles. The highest BCUT2D eigenvalue weighted by Gasteiger charge is 2.56. The van der Waals surface area contributed by atoms with Crippen LogP contribution in [0.1, 0.15) is 58.3 Å². The molecule has 1 amide bonds. The van der Waals surface area contributed by atoms with E-state index in [1.807, 2.05) is 0 Å². The molecule has 0 aromatic rings. The maximum absolute atomic E-state index is 13.4. The smallest absolute Gasteiger partial charge is 0.381 e. The van der Waals surface area contributed by atoms with E-state index in [-0.39, 0.29) is 71.3 Å². The monoisotopic (exact) mass is 524 g/mol. The third-order valence-electron chi connectivity index (χ3n) is 6.16. The predicted octanol–water partition coefficient (Wildman–Crippen LogP) is 3.17. The topological polar surface area (TPSA) is 94.2 Å². The Morgan fingerprint density at radius 2 is 1.71 bits per heavy atom. The maximum atomic E-state index is 13.4. The van der Waals surface area contributed by atoms with Crippen molar-refractivity contribution in [3.63, 3.8) is 0 Å². The van der Waals surface area contributed by atoms with E-state index >= 15 is 0 Å². The number of ether oxygens (including phenoxy) is 2. The van der Waals surface area contributed by atoms with Gasteiger partial charge in [-0.25, -0.2) is 18.2 Å². The summed E-state index contributed by atoms with van der Waals surface area (Å²) in [5.41, 5.74) is 2.22. The minimum atomic E-state index is -5.54. The number of nitrogens with zero attached hydrogens (tertiary/aromatic N) is 1. The highest BCUT2D eigenvalue weighted by atomic mass is 32.2. The molecular formula is C20H33F5N2O6S. The minimum Gasteiger partial charge on any atom is -0.381 e. The van der Waals surface area contributed by atoms with Crippen LogP contribution < -0.4 is 5.48 Å². The van der Waals surface area contributed by atoms with Crippen molar-refractivity contribution in [1.82, 2.24) is 9.79 Å². The van der Waals surface area contributed by atoms with Crippen LogP contribution in [0.25, 0.3) is 0 Å². The number of halogens is 5. The summed E-state index contributed by atoms with van der Waals surface area (Å²) in [6, 6.07) is 0. The number of hydrogen-bond acceptors (Lipinski definition) is 6. The van der Waals surface area contributed by atoms with Crippen LogP contribution in [-0.4, -0.2) is 81.1 Å². The number of hydrogen-bond donors (Lipinski definition) is 1. The van der Waals surface area contributed by atoms with Crippen molar-refractivity contribution < 1.29 is 49.5 Å². The van der Waals surface area contributed by atoms with Crippen LogP contribution in [-0.2, 0) is 29.1 Å². The van der Waals surface area contributed by atoms with Crippen molar-refractivity contribution in [3.05, 3.63) is 0 Å². The lowest BCUT2D eigenvalue weighted by molar-refractivity contribution is -0.284. The Morgan fingerprint density at radius 1 is 1.09 bits per heavy atom. The van der Waals surface area contributed by atoms with Gasteiger partial charge in [-0.1, -0.05) is 6.42 Å². The van der Waals surface area contributed by atoms with E-state index in [4.69, 9.17) is 14.3 Å². The molecule has 0 aromatic heterocycles. The molecule has 200 valence electrons. The third kappa shape index (κ3) is 6.99. The van der Waals surface area contributed by atoms with Crippen LogP contribution in [0, 0.1) is 0 Å². The second-order valence-electron chi connectivity index (χ2n) is 8.46. The maximum Gasteiger partial charge on any atom is 0.453 e. The molecule has 0 bridgehead atoms. The van der Waals surface area contributed by atoms with Gasteiger partial charge in [0.25, 0.3) is 5.91 Å². The molecule has 2 heterocycles. The van der Waals surface area contributed by atoms with Gasteiger partial charge in [0, 0.05) is 52.2 Å². The lowest BCUT2D eigenvalue weighted by atomic mass is 9.98. The molecule has 0 saturated carbocycles. The fourth-order valence-electron chi connectivity index (χ4n) is 4.04. The standard InChI is InChI=1S/C20H33F5N2O6S/c1-2-33-26-17(28)18(9-14-31-15-10-18)34(29,30)27-11-6-16(7-12-27)32-13-5-3-4-8-19(21,22)20(23,24)25/h16H,2-15H2,1H3,(H,26,28). The van der Waals surface area contributed by atoms with Gasteiger partial charge in [-0.2, -0.15) is 22.0 Å². The second-order valence-corrected chi connectivity index (χ2v) is 10.7. The van der Waals surface area contributed by atoms with E-state index < -0.39 is 39.2 Å². The molecule has 8 nitrogen and oxygen atoms in total. The number of piperidine rings is 1. The van der Waals surface area contributed by atoms with Gasteiger partial charge in [-0.3, -0.25) is 9.63 Å². The molecule has 2 rings (SSSR count). The largest absolute Gasteiger partial charge is 0.453 e. The molecule has 2 aliphatic rings. The molecule has 2 aliphatic heterocycles. The Bertz CT molecular complexity index is 751. The van der Waals surface area contributed by atoms with Crippen molar-refractivity contribution in [2.24, 2.45) is 0 Å². The second kappa shape index (κ2) is 12.2. The summed E-state index contributed by atoms with van der Waals surface area (Å²) in [5.74, 6) is -5.40. The number of carbonyl (C=O) groups is 1. The van der Waals surface area contributed by atoms with Gasteiger partial charge in [0.15, 0.2) is 4.75 Å². The van der Waals surface area contributed by atoms with Crippen LogP contribution in [0.3, 0.4) is 0 Å². The molecule has 0 spiro atoms. The average Bonchev–Trinajstić information content (AvgIpc) is 2.79. The van der Waals surface area contributed by atoms with Gasteiger partial charge >= 0.3 is 12.1 Å². The zero-order chi connectivity index (χ0) is 25.5. The molecule has 0 radical (unpaired) electrons. The van der Waals surface area contributed by atoms with E-state index in [1.54, 1.807) is 6.92 Å². The quantitative estimate of drug-likeness (QED) is 0.240. The summed E-state index contributed by atoms with van der Waals surface area (Å²) in [5, 5.41) is 0. The van der Waals surface area contributed by atoms with Crippen LogP contribution in [0.15, 0.2) is 0 Å². The molecule has 2 fully saturated rings. The number of nitrogens with one attached hydrogen (secondary N) is 1. The van der Waals surface area contributed by atoms with Crippen molar-refractivity contribution in [3.8, 4) is 0 Å². The molecule has 0 atom stereocenters. The number of rotatable bonds is 12. The fourth-order valence-corrected chi connectivity index (χ4v) is 6.18. The van der Waals surface area contributed by atoms with Crippen LogP contribution in [0.2, 0.25) is 0 Å². The number of hydroxylamine groups is 1. The van der Waals surface area contributed by atoms with E-state index in [1.165, 1.54) is 4.31 Å². The molecule has 0 unspecified atom stereocenters. The molecule has 34 heavy (non-hydrogen) atoms. The highest BCUT2D eigenvalue weighted by Crippen LogP contribution is 2.39. The Hall–Kier alpha value is -1.09. The van der Waals surface area contributed by atoms with Gasteiger partial charge < -0.3 is 9.47 Å². The summed E-state index contributed by atoms with van der Waals surface area (Å²) < 4.78 is 99.6. The van der Waals surface area contributed by atoms with E-state index in [0.29, 0.717) is 19.3 Å². The molecule has 2 saturated heterocycles. The summed E-state index contributed by atoms with van der Waals surface area (Å²) in [6.07, 6.45) is -6.05. The fraction of sp³-hybridized carbons (Fsp3) is 0.950. The molecular weight excluding hydrogens is 491 g/mol. The first-order valence-corrected chi connectivity index (χ1v) is 12.9. The summed E-state index contributed by atoms with van der Waals surface area (Å²) >= 11 is 0. The van der Waals surface area contributed by atoms with E-state index in [0.717, 1.165) is 0 Å². The summed E-state index contributed by atoms with van der Waals surface area (Å²) in [6.45, 7) is 2.60. The van der Waals surface area contributed by atoms with Gasteiger partial charge in [-0.15, -0.1) is 0 Å². The first-order chi connectivity index (χ1) is 15.9. The number of amides is 1. The van der Waals surface area contributed by atoms with E-state index in [2.05, 4.69) is 5.48 Å². The number of unbranched alkanes of at least 4 members (excludes halogenated alkanes) is 2. The molecule has 14 heteroatoms. The van der Waals surface area contributed by atoms with Crippen molar-refractivity contribution in [2.75, 3.05) is 39.5 Å². The minimum absolute atomic E-state index is 0.0120. The van der Waals surface area contributed by atoms with Crippen LogP contribution in [0.4, 0.5) is 22.0 Å². The van der Waals surface area contributed by atoms with Gasteiger partial charge in [0.2, 0.25) is 10.0 Å². The number of carbonyl (C=O) groups excluding carboxylic acids is 1. The number of alkyl halides is 5. The predicted molar refractivity (Wildman–Crippen MR) is 111 cm³/mol. The SMILES string of the molecule is CCONC(=O)C1(S(=O)(=O)N2CCC(OCCCCCC(F)(F)C(F)(F)F)CC2)CCOCC1. The van der Waals surface area contributed by atoms with Crippen LogP contribution >= 0.6 is 0 Å². The highest BCUT2D eigenvalue weighted by molar-refractivity contribution is 7.91. The first-order valence-electron chi connectivity index (χ1n) is 11.4. The zero-order valence-electron chi connectivity index (χ0n) is 19.2. The van der Waals surface area contributed by atoms with Crippen LogP contribution in [0.5, 0.6) is 0 Å². The molecule has 0 aromatic carbocycles. The van der Waals surface area contributed by atoms with Gasteiger partial charge in [-0.05, 0) is 32.6 Å². The zero-order valence-corrected chi connectivity index (χ0v) is 20.0. The number of sulfonamides is 1. The normalized spacial score (nSPS) is 20.9. The lowest BCUT2D eigenvalue weighted by Gasteiger charge is -2.40. The van der Waals surface area contributed by atoms with Gasteiger partial charge in [0.1, 0.15) is 0 Å². The lowest BCUT2D eigenvalue weighted by Crippen LogP contribution is -2.61. The Labute approximate surface area is 196 Å². The Morgan fingerprint density at radius 3 is 2.26 bits per heavy atom. The molecule has 1 N–H and O–H groups in total. The van der Waals surface area contributed by atoms with Crippen molar-refractivity contribution in [1.29, 1.82) is 0 Å².